The number of allylic oxidation sites excluding steroid dienone is 5. The van der Waals surface area contributed by atoms with Crippen molar-refractivity contribution in [3.05, 3.63) is 74.6 Å². The Morgan fingerprint density at radius 2 is 1.85 bits per heavy atom. The van der Waals surface area contributed by atoms with Crippen LogP contribution in [0.1, 0.15) is 16.0 Å². The number of nitrogens with zero attached hydrogens (tertiary/aromatic N) is 1. The van der Waals surface area contributed by atoms with E-state index >= 15 is 0 Å². The van der Waals surface area contributed by atoms with Gasteiger partial charge in [0.05, 0.1) is 5.71 Å². The molecular weight excluding hydrogens is 352 g/mol. The summed E-state index contributed by atoms with van der Waals surface area (Å²) < 4.78 is 0. The molecule has 0 radical (unpaired) electrons. The zero-order valence-corrected chi connectivity index (χ0v) is 17.8. The van der Waals surface area contributed by atoms with Gasteiger partial charge in [0.1, 0.15) is 8.07 Å². The number of hydrogen-bond donors (Lipinski definition) is 1. The van der Waals surface area contributed by atoms with E-state index in [-0.39, 0.29) is 0 Å². The van der Waals surface area contributed by atoms with E-state index in [1.165, 1.54) is 43.2 Å². The predicted octanol–water partition coefficient (Wildman–Crippen LogP) is 4.91. The van der Waals surface area contributed by atoms with Gasteiger partial charge in [0.15, 0.2) is 0 Å². The van der Waals surface area contributed by atoms with E-state index in [1.807, 2.05) is 17.4 Å². The van der Waals surface area contributed by atoms with Gasteiger partial charge in [0.2, 0.25) is 0 Å². The van der Waals surface area contributed by atoms with Crippen molar-refractivity contribution in [2.75, 3.05) is 19.0 Å². The van der Waals surface area contributed by atoms with E-state index in [1.54, 1.807) is 0 Å². The molecule has 4 heteroatoms. The van der Waals surface area contributed by atoms with Crippen molar-refractivity contribution in [1.29, 1.82) is 5.41 Å². The maximum atomic E-state index is 8.20. The first kappa shape index (κ1) is 17.3. The average molecular weight is 377 g/mol. The van der Waals surface area contributed by atoms with Gasteiger partial charge in [-0.1, -0.05) is 25.2 Å². The number of fused-ring (bicyclic) bond motifs is 2. The van der Waals surface area contributed by atoms with E-state index in [4.69, 9.17) is 5.41 Å². The SMILES string of the molecule is Cc1ccsc1C1=C2C=CC(=N)C=C2[Si](C)(C)c2cc(N(C)C)ccc21. The normalized spacial score (nSPS) is 17.7. The summed E-state index contributed by atoms with van der Waals surface area (Å²) in [6.07, 6.45) is 6.21. The molecular formula is C22H24N2SSi. The van der Waals surface area contributed by atoms with Crippen molar-refractivity contribution in [3.63, 3.8) is 0 Å². The summed E-state index contributed by atoms with van der Waals surface area (Å²) in [4.78, 5) is 3.53. The van der Waals surface area contributed by atoms with Crippen LogP contribution >= 0.6 is 11.3 Å². The van der Waals surface area contributed by atoms with Gasteiger partial charge in [-0.05, 0) is 69.7 Å². The minimum Gasteiger partial charge on any atom is -0.378 e. The highest BCUT2D eigenvalue weighted by Crippen LogP contribution is 2.43. The number of nitrogens with one attached hydrogen (secondary N) is 1. The third-order valence-electron chi connectivity index (χ3n) is 5.51. The van der Waals surface area contributed by atoms with Crippen LogP contribution in [0.3, 0.4) is 0 Å². The first-order chi connectivity index (χ1) is 12.3. The second-order valence-electron chi connectivity index (χ2n) is 7.82. The van der Waals surface area contributed by atoms with E-state index in [0.717, 1.165) is 0 Å². The van der Waals surface area contributed by atoms with E-state index in [9.17, 15) is 0 Å². The van der Waals surface area contributed by atoms with Gasteiger partial charge in [-0.15, -0.1) is 11.3 Å². The van der Waals surface area contributed by atoms with Crippen molar-refractivity contribution >= 4 is 41.6 Å². The molecule has 0 saturated heterocycles. The molecule has 0 atom stereocenters. The predicted molar refractivity (Wildman–Crippen MR) is 118 cm³/mol. The van der Waals surface area contributed by atoms with Crippen LogP contribution in [0.4, 0.5) is 5.69 Å². The molecule has 2 aliphatic rings. The fourth-order valence-corrected chi connectivity index (χ4v) is 8.07. The molecule has 26 heavy (non-hydrogen) atoms. The maximum absolute atomic E-state index is 8.20. The van der Waals surface area contributed by atoms with Crippen molar-refractivity contribution in [3.8, 4) is 0 Å². The molecule has 2 heterocycles. The summed E-state index contributed by atoms with van der Waals surface area (Å²) in [6, 6.07) is 9.13. The summed E-state index contributed by atoms with van der Waals surface area (Å²) in [5, 5.41) is 13.2. The first-order valence-electron chi connectivity index (χ1n) is 8.91. The third kappa shape index (κ3) is 2.48. The standard InChI is InChI=1S/C22H24N2SSi/c1-14-10-11-25-22(14)21-17-8-6-15(23)12-19(17)26(4,5)20-13-16(24(2)3)7-9-18(20)21/h6-13,23H,1-5H3. The smallest absolute Gasteiger partial charge is 0.114 e. The lowest BCUT2D eigenvalue weighted by molar-refractivity contribution is 1.13. The largest absolute Gasteiger partial charge is 0.378 e. The van der Waals surface area contributed by atoms with Crippen LogP contribution in [-0.4, -0.2) is 27.9 Å². The van der Waals surface area contributed by atoms with Gasteiger partial charge < -0.3 is 10.3 Å². The summed E-state index contributed by atoms with van der Waals surface area (Å²) in [6.45, 7) is 7.03. The third-order valence-corrected chi connectivity index (χ3v) is 10.1. The van der Waals surface area contributed by atoms with Crippen LogP contribution in [-0.2, 0) is 0 Å². The number of hydrogen-bond acceptors (Lipinski definition) is 3. The molecule has 132 valence electrons. The van der Waals surface area contributed by atoms with Crippen LogP contribution in [0.25, 0.3) is 5.57 Å². The molecule has 0 spiro atoms. The zero-order chi connectivity index (χ0) is 18.6. The monoisotopic (exact) mass is 376 g/mol. The molecule has 2 nitrogen and oxygen atoms in total. The van der Waals surface area contributed by atoms with Crippen molar-refractivity contribution in [2.24, 2.45) is 0 Å². The molecule has 0 fully saturated rings. The second-order valence-corrected chi connectivity index (χ2v) is 13.1. The lowest BCUT2D eigenvalue weighted by Gasteiger charge is -2.38. The lowest BCUT2D eigenvalue weighted by Crippen LogP contribution is -2.49. The Bertz CT molecular complexity index is 1020. The van der Waals surface area contributed by atoms with E-state index in [0.29, 0.717) is 5.71 Å². The quantitative estimate of drug-likeness (QED) is 0.741. The van der Waals surface area contributed by atoms with Gasteiger partial charge in [-0.3, -0.25) is 0 Å². The number of thiophene rings is 1. The lowest BCUT2D eigenvalue weighted by atomic mass is 9.92. The Morgan fingerprint density at radius 1 is 1.08 bits per heavy atom. The molecule has 0 saturated carbocycles. The van der Waals surface area contributed by atoms with Gasteiger partial charge >= 0.3 is 0 Å². The Kier molecular flexibility index (Phi) is 3.93. The highest BCUT2D eigenvalue weighted by atomic mass is 32.1. The Hall–Kier alpha value is -2.17. The van der Waals surface area contributed by atoms with E-state index < -0.39 is 8.07 Å². The second kappa shape index (κ2) is 5.93. The molecule has 1 aromatic carbocycles. The van der Waals surface area contributed by atoms with Crippen LogP contribution in [0, 0.1) is 12.3 Å². The molecule has 1 aromatic heterocycles. The van der Waals surface area contributed by atoms with Gasteiger partial charge in [0, 0.05) is 30.2 Å². The highest BCUT2D eigenvalue weighted by molar-refractivity contribution is 7.11. The van der Waals surface area contributed by atoms with Gasteiger partial charge in [-0.2, -0.15) is 0 Å². The Morgan fingerprint density at radius 3 is 2.50 bits per heavy atom. The zero-order valence-electron chi connectivity index (χ0n) is 16.0. The number of benzene rings is 1. The number of rotatable bonds is 2. The fraction of sp³-hybridized carbons (Fsp3) is 0.227. The maximum Gasteiger partial charge on any atom is 0.114 e. The Balaban J connectivity index is 2.10. The van der Waals surface area contributed by atoms with Crippen molar-refractivity contribution in [2.45, 2.75) is 20.0 Å². The van der Waals surface area contributed by atoms with Crippen LogP contribution in [0.5, 0.6) is 0 Å². The van der Waals surface area contributed by atoms with Crippen molar-refractivity contribution < 1.29 is 0 Å². The molecule has 1 N–H and O–H groups in total. The van der Waals surface area contributed by atoms with E-state index in [2.05, 4.69) is 80.8 Å². The van der Waals surface area contributed by atoms with Gasteiger partial charge in [0.25, 0.3) is 0 Å². The summed E-state index contributed by atoms with van der Waals surface area (Å²) in [5.74, 6) is 0. The molecule has 0 unspecified atom stereocenters. The van der Waals surface area contributed by atoms with Crippen LogP contribution in [0.15, 0.2) is 58.6 Å². The molecule has 0 bridgehead atoms. The summed E-state index contributed by atoms with van der Waals surface area (Å²) in [5.41, 5.74) is 7.24. The topological polar surface area (TPSA) is 27.1 Å². The molecule has 2 aromatic rings. The summed E-state index contributed by atoms with van der Waals surface area (Å²) >= 11 is 1.82. The summed E-state index contributed by atoms with van der Waals surface area (Å²) in [7, 11) is 2.33. The minimum absolute atomic E-state index is 0.610. The Labute approximate surface area is 160 Å². The number of anilines is 1. The molecule has 1 aliphatic carbocycles. The van der Waals surface area contributed by atoms with Crippen molar-refractivity contribution in [1.82, 2.24) is 0 Å². The molecule has 4 rings (SSSR count). The first-order valence-corrected chi connectivity index (χ1v) is 12.8. The van der Waals surface area contributed by atoms with Crippen LogP contribution < -0.4 is 10.1 Å². The highest BCUT2D eigenvalue weighted by Gasteiger charge is 2.40. The minimum atomic E-state index is -1.87. The number of aryl methyl sites for hydroxylation is 1. The molecule has 0 amide bonds. The van der Waals surface area contributed by atoms with Crippen LogP contribution in [0.2, 0.25) is 13.1 Å². The fourth-order valence-electron chi connectivity index (χ4n) is 3.99. The molecule has 1 aliphatic heterocycles. The van der Waals surface area contributed by atoms with Gasteiger partial charge in [-0.25, -0.2) is 0 Å². The average Bonchev–Trinajstić information content (AvgIpc) is 3.01.